The van der Waals surface area contributed by atoms with Crippen LogP contribution in [0.3, 0.4) is 0 Å². The van der Waals surface area contributed by atoms with Gasteiger partial charge in [-0.05, 0) is 61.1 Å². The first-order valence-electron chi connectivity index (χ1n) is 12.0. The Labute approximate surface area is 195 Å². The monoisotopic (exact) mass is 444 g/mol. The number of rotatable bonds is 8. The summed E-state index contributed by atoms with van der Waals surface area (Å²) in [5, 5.41) is 7.36. The third-order valence-electron chi connectivity index (χ3n) is 6.56. The van der Waals surface area contributed by atoms with Crippen LogP contribution in [-0.4, -0.2) is 64.9 Å². The Morgan fingerprint density at radius 3 is 2.61 bits per heavy atom. The number of fused-ring (bicyclic) bond motifs is 1. The van der Waals surface area contributed by atoms with E-state index in [4.69, 9.17) is 0 Å². The van der Waals surface area contributed by atoms with Crippen molar-refractivity contribution in [1.82, 2.24) is 19.8 Å². The predicted molar refractivity (Wildman–Crippen MR) is 133 cm³/mol. The van der Waals surface area contributed by atoms with Gasteiger partial charge in [0.15, 0.2) is 0 Å². The van der Waals surface area contributed by atoms with Crippen molar-refractivity contribution < 1.29 is 4.79 Å². The molecule has 0 bridgehead atoms. The smallest absolute Gasteiger partial charge is 0.238 e. The zero-order valence-electron chi connectivity index (χ0n) is 19.3. The summed E-state index contributed by atoms with van der Waals surface area (Å²) in [7, 11) is 0. The van der Waals surface area contributed by atoms with Crippen LogP contribution in [0.15, 0.2) is 48.8 Å². The predicted octanol–water partition coefficient (Wildman–Crippen LogP) is 3.90. The molecule has 0 spiro atoms. The largest absolute Gasteiger partial charge is 0.340 e. The Kier molecular flexibility index (Phi) is 6.51. The van der Waals surface area contributed by atoms with E-state index in [1.54, 1.807) is 6.33 Å². The molecule has 7 nitrogen and oxygen atoms in total. The zero-order chi connectivity index (χ0) is 22.6. The zero-order valence-corrected chi connectivity index (χ0v) is 19.3. The second kappa shape index (κ2) is 9.85. The van der Waals surface area contributed by atoms with E-state index in [1.165, 1.54) is 24.9 Å². The molecule has 3 aromatic rings. The summed E-state index contributed by atoms with van der Waals surface area (Å²) in [6, 6.07) is 14.1. The Hall–Kier alpha value is -3.03. The van der Waals surface area contributed by atoms with Crippen molar-refractivity contribution in [2.75, 3.05) is 49.9 Å². The van der Waals surface area contributed by atoms with E-state index in [0.717, 1.165) is 66.6 Å². The van der Waals surface area contributed by atoms with Crippen LogP contribution in [-0.2, 0) is 11.2 Å². The molecule has 1 saturated heterocycles. The summed E-state index contributed by atoms with van der Waals surface area (Å²) in [4.78, 5) is 26.3. The van der Waals surface area contributed by atoms with Gasteiger partial charge in [0.1, 0.15) is 12.1 Å². The lowest BCUT2D eigenvalue weighted by atomic mass is 10.1. The van der Waals surface area contributed by atoms with Crippen LogP contribution in [0.2, 0.25) is 0 Å². The lowest BCUT2D eigenvalue weighted by Gasteiger charge is -2.34. The summed E-state index contributed by atoms with van der Waals surface area (Å²) in [5.74, 6) is 1.68. The van der Waals surface area contributed by atoms with Crippen LogP contribution >= 0.6 is 0 Å². The molecule has 7 heteroatoms. The highest BCUT2D eigenvalue weighted by Crippen LogP contribution is 2.30. The standard InChI is InChI=1S/C26H32N6O/c1-2-19-4-3-5-21(14-19)30-26-23-15-22(8-9-24(23)27-18-28-26)29-25(33)17-32-12-10-31(11-13-32)16-20-6-7-20/h3-5,8-9,14-15,18,20H,2,6-7,10-13,16-17H2,1H3,(H,29,33)(H,27,28,30). The van der Waals surface area contributed by atoms with E-state index < -0.39 is 0 Å². The first-order chi connectivity index (χ1) is 16.2. The maximum absolute atomic E-state index is 12.7. The van der Waals surface area contributed by atoms with Crippen molar-refractivity contribution in [2.45, 2.75) is 26.2 Å². The lowest BCUT2D eigenvalue weighted by molar-refractivity contribution is -0.117. The topological polar surface area (TPSA) is 73.4 Å². The van der Waals surface area contributed by atoms with Crippen molar-refractivity contribution >= 4 is 34.0 Å². The second-order valence-corrected chi connectivity index (χ2v) is 9.20. The van der Waals surface area contributed by atoms with E-state index in [9.17, 15) is 4.79 Å². The third-order valence-corrected chi connectivity index (χ3v) is 6.56. The highest BCUT2D eigenvalue weighted by Gasteiger charge is 2.26. The van der Waals surface area contributed by atoms with Gasteiger partial charge in [0.2, 0.25) is 5.91 Å². The molecule has 2 heterocycles. The number of amides is 1. The number of piperazine rings is 1. The number of benzene rings is 2. The van der Waals surface area contributed by atoms with Crippen LogP contribution in [0.25, 0.3) is 10.9 Å². The van der Waals surface area contributed by atoms with Gasteiger partial charge >= 0.3 is 0 Å². The van der Waals surface area contributed by atoms with Crippen LogP contribution in [0.4, 0.5) is 17.2 Å². The Morgan fingerprint density at radius 1 is 1.00 bits per heavy atom. The van der Waals surface area contributed by atoms with Gasteiger partial charge in [0.05, 0.1) is 12.1 Å². The first kappa shape index (κ1) is 21.8. The number of nitrogens with one attached hydrogen (secondary N) is 2. The normalized spacial score (nSPS) is 17.2. The van der Waals surface area contributed by atoms with Crippen molar-refractivity contribution in [1.29, 1.82) is 0 Å². The fraction of sp³-hybridized carbons (Fsp3) is 0.423. The molecule has 2 N–H and O–H groups in total. The molecule has 0 atom stereocenters. The van der Waals surface area contributed by atoms with Gasteiger partial charge < -0.3 is 15.5 Å². The molecule has 1 aliphatic heterocycles. The van der Waals surface area contributed by atoms with Gasteiger partial charge in [0, 0.05) is 49.5 Å². The molecule has 5 rings (SSSR count). The molecule has 2 aliphatic rings. The molecular weight excluding hydrogens is 412 g/mol. The van der Waals surface area contributed by atoms with Gasteiger partial charge in [-0.2, -0.15) is 0 Å². The number of aromatic nitrogens is 2. The minimum Gasteiger partial charge on any atom is -0.340 e. The fourth-order valence-electron chi connectivity index (χ4n) is 4.44. The van der Waals surface area contributed by atoms with Crippen molar-refractivity contribution in [2.24, 2.45) is 5.92 Å². The minimum absolute atomic E-state index is 0.0204. The number of hydrogen-bond donors (Lipinski definition) is 2. The number of hydrogen-bond acceptors (Lipinski definition) is 6. The van der Waals surface area contributed by atoms with Crippen LogP contribution < -0.4 is 10.6 Å². The van der Waals surface area contributed by atoms with Gasteiger partial charge in [-0.3, -0.25) is 9.69 Å². The van der Waals surface area contributed by atoms with Crippen LogP contribution in [0.1, 0.15) is 25.3 Å². The third kappa shape index (κ3) is 5.67. The number of carbonyl (C=O) groups is 1. The maximum Gasteiger partial charge on any atom is 0.238 e. The van der Waals surface area contributed by atoms with Crippen LogP contribution in [0, 0.1) is 5.92 Å². The molecule has 1 aromatic heterocycles. The molecule has 0 radical (unpaired) electrons. The number of aryl methyl sites for hydroxylation is 1. The number of carbonyl (C=O) groups excluding carboxylic acids is 1. The van der Waals surface area contributed by atoms with Gasteiger partial charge in [-0.25, -0.2) is 9.97 Å². The quantitative estimate of drug-likeness (QED) is 0.549. The molecular formula is C26H32N6O. The van der Waals surface area contributed by atoms with E-state index in [-0.39, 0.29) is 5.91 Å². The summed E-state index contributed by atoms with van der Waals surface area (Å²) in [5.41, 5.74) is 3.85. The van der Waals surface area contributed by atoms with E-state index >= 15 is 0 Å². The van der Waals surface area contributed by atoms with E-state index in [0.29, 0.717) is 6.54 Å². The van der Waals surface area contributed by atoms with Gasteiger partial charge in [-0.1, -0.05) is 19.1 Å². The maximum atomic E-state index is 12.7. The van der Waals surface area contributed by atoms with Crippen molar-refractivity contribution in [3.63, 3.8) is 0 Å². The van der Waals surface area contributed by atoms with E-state index in [2.05, 4.69) is 49.5 Å². The Morgan fingerprint density at radius 2 is 1.82 bits per heavy atom. The molecule has 2 aromatic carbocycles. The van der Waals surface area contributed by atoms with Crippen molar-refractivity contribution in [3.05, 3.63) is 54.4 Å². The Bertz CT molecular complexity index is 1120. The molecule has 1 aliphatic carbocycles. The van der Waals surface area contributed by atoms with Gasteiger partial charge in [-0.15, -0.1) is 0 Å². The Balaban J connectivity index is 1.23. The SMILES string of the molecule is CCc1cccc(Nc2ncnc3ccc(NC(=O)CN4CCN(CC5CC5)CC4)cc23)c1. The minimum atomic E-state index is 0.0204. The summed E-state index contributed by atoms with van der Waals surface area (Å²) >= 11 is 0. The number of nitrogens with zero attached hydrogens (tertiary/aromatic N) is 4. The average molecular weight is 445 g/mol. The van der Waals surface area contributed by atoms with E-state index in [1.807, 2.05) is 30.3 Å². The van der Waals surface area contributed by atoms with Crippen molar-refractivity contribution in [3.8, 4) is 0 Å². The molecule has 172 valence electrons. The molecule has 1 amide bonds. The summed E-state index contributed by atoms with van der Waals surface area (Å²) in [6.45, 7) is 7.83. The highest BCUT2D eigenvalue weighted by atomic mass is 16.2. The average Bonchev–Trinajstić information content (AvgIpc) is 3.65. The fourth-order valence-corrected chi connectivity index (χ4v) is 4.44. The second-order valence-electron chi connectivity index (χ2n) is 9.20. The number of anilines is 3. The lowest BCUT2D eigenvalue weighted by Crippen LogP contribution is -2.49. The summed E-state index contributed by atoms with van der Waals surface area (Å²) in [6.07, 6.45) is 5.32. The molecule has 2 fully saturated rings. The van der Waals surface area contributed by atoms with Crippen LogP contribution in [0.5, 0.6) is 0 Å². The highest BCUT2D eigenvalue weighted by molar-refractivity contribution is 5.97. The first-order valence-corrected chi connectivity index (χ1v) is 12.0. The molecule has 0 unspecified atom stereocenters. The van der Waals surface area contributed by atoms with Gasteiger partial charge in [0.25, 0.3) is 0 Å². The molecule has 1 saturated carbocycles. The summed E-state index contributed by atoms with van der Waals surface area (Å²) < 4.78 is 0. The molecule has 33 heavy (non-hydrogen) atoms.